The van der Waals surface area contributed by atoms with E-state index in [0.717, 1.165) is 6.07 Å². The lowest BCUT2D eigenvalue weighted by molar-refractivity contribution is -0.141. The van der Waals surface area contributed by atoms with Crippen molar-refractivity contribution in [1.29, 1.82) is 0 Å². The summed E-state index contributed by atoms with van der Waals surface area (Å²) in [6, 6.07) is 4.81. The third-order valence-electron chi connectivity index (χ3n) is 3.86. The number of amides is 1. The van der Waals surface area contributed by atoms with Gasteiger partial charge in [0.1, 0.15) is 17.6 Å². The van der Waals surface area contributed by atoms with Crippen LogP contribution in [-0.4, -0.2) is 47.2 Å². The highest BCUT2D eigenvalue weighted by Crippen LogP contribution is 2.30. The van der Waals surface area contributed by atoms with Gasteiger partial charge < -0.3 is 15.4 Å². The van der Waals surface area contributed by atoms with E-state index >= 15 is 0 Å². The Morgan fingerprint density at radius 1 is 1.24 bits per heavy atom. The molecule has 0 aromatic carbocycles. The van der Waals surface area contributed by atoms with Crippen LogP contribution in [0, 0.1) is 5.92 Å². The van der Waals surface area contributed by atoms with Gasteiger partial charge in [0.25, 0.3) is 0 Å². The van der Waals surface area contributed by atoms with Crippen molar-refractivity contribution in [2.75, 3.05) is 25.6 Å². The number of ether oxygens (including phenoxy) is 1. The molecule has 0 saturated carbocycles. The van der Waals surface area contributed by atoms with Gasteiger partial charge in [0, 0.05) is 25.9 Å². The number of anilines is 1. The third-order valence-corrected chi connectivity index (χ3v) is 3.86. The molecule has 2 N–H and O–H groups in total. The molecule has 0 bridgehead atoms. The first-order chi connectivity index (χ1) is 13.7. The minimum Gasteiger partial charge on any atom is -0.383 e. The summed E-state index contributed by atoms with van der Waals surface area (Å²) in [5.41, 5.74) is -0.912. The first-order valence-corrected chi connectivity index (χ1v) is 9.11. The molecule has 0 radical (unpaired) electrons. The summed E-state index contributed by atoms with van der Waals surface area (Å²) in [6.45, 7) is 4.45. The Morgan fingerprint density at radius 2 is 2.00 bits per heavy atom. The molecule has 0 spiro atoms. The van der Waals surface area contributed by atoms with Crippen LogP contribution in [0.25, 0.3) is 11.5 Å². The van der Waals surface area contributed by atoms with Gasteiger partial charge in [-0.05, 0) is 24.5 Å². The van der Waals surface area contributed by atoms with E-state index in [-0.39, 0.29) is 29.2 Å². The molecule has 7 nitrogen and oxygen atoms in total. The van der Waals surface area contributed by atoms with E-state index in [0.29, 0.717) is 19.6 Å². The van der Waals surface area contributed by atoms with Gasteiger partial charge in [0.05, 0.1) is 6.61 Å². The number of pyridine rings is 1. The number of hydrogen-bond donors (Lipinski definition) is 2. The van der Waals surface area contributed by atoms with Crippen molar-refractivity contribution in [2.45, 2.75) is 32.5 Å². The molecule has 10 heteroatoms. The summed E-state index contributed by atoms with van der Waals surface area (Å²) >= 11 is 0. The number of hydrogen-bond acceptors (Lipinski definition) is 6. The number of carbonyl (C=O) groups excluding carboxylic acids is 1. The Hall–Kier alpha value is -2.75. The summed E-state index contributed by atoms with van der Waals surface area (Å²) < 4.78 is 44.9. The van der Waals surface area contributed by atoms with Crippen LogP contribution >= 0.6 is 0 Å². The fourth-order valence-electron chi connectivity index (χ4n) is 2.56. The van der Waals surface area contributed by atoms with Crippen LogP contribution in [0.4, 0.5) is 19.0 Å². The second-order valence-corrected chi connectivity index (χ2v) is 6.79. The normalized spacial score (nSPS) is 12.7. The predicted molar refractivity (Wildman–Crippen MR) is 102 cm³/mol. The van der Waals surface area contributed by atoms with E-state index in [1.54, 1.807) is 12.1 Å². The van der Waals surface area contributed by atoms with Crippen molar-refractivity contribution in [2.24, 2.45) is 5.92 Å². The largest absolute Gasteiger partial charge is 0.433 e. The molecule has 2 aromatic heterocycles. The molecule has 0 saturated heterocycles. The standard InChI is InChI=1S/C19H24F3N5O2/c1-12(2)10-14(18(28)24-8-9-29-3)25-16-11-15(19(20,21)22)26-17(27-16)13-6-4-5-7-23-13/h4-7,11-12,14H,8-10H2,1-3H3,(H,24,28)(H,25,26,27)/t14-/m0/s1. The van der Waals surface area contributed by atoms with Crippen molar-refractivity contribution in [3.8, 4) is 11.5 Å². The lowest BCUT2D eigenvalue weighted by Crippen LogP contribution is -2.42. The molecule has 29 heavy (non-hydrogen) atoms. The maximum absolute atomic E-state index is 13.3. The molecule has 1 amide bonds. The molecule has 2 heterocycles. The van der Waals surface area contributed by atoms with E-state index in [9.17, 15) is 18.0 Å². The lowest BCUT2D eigenvalue weighted by Gasteiger charge is -2.21. The fraction of sp³-hybridized carbons (Fsp3) is 0.474. The Balaban J connectivity index is 2.35. The average molecular weight is 411 g/mol. The second kappa shape index (κ2) is 10.1. The van der Waals surface area contributed by atoms with Crippen molar-refractivity contribution in [3.63, 3.8) is 0 Å². The molecule has 158 valence electrons. The number of carbonyl (C=O) groups is 1. The molecular weight excluding hydrogens is 387 g/mol. The molecule has 2 rings (SSSR count). The zero-order chi connectivity index (χ0) is 21.4. The smallest absolute Gasteiger partial charge is 0.383 e. The van der Waals surface area contributed by atoms with Crippen molar-refractivity contribution in [1.82, 2.24) is 20.3 Å². The number of aromatic nitrogens is 3. The molecule has 1 atom stereocenters. The zero-order valence-electron chi connectivity index (χ0n) is 16.5. The molecule has 0 aliphatic heterocycles. The van der Waals surface area contributed by atoms with Crippen molar-refractivity contribution >= 4 is 11.7 Å². The number of nitrogens with one attached hydrogen (secondary N) is 2. The lowest BCUT2D eigenvalue weighted by atomic mass is 10.0. The van der Waals surface area contributed by atoms with E-state index in [4.69, 9.17) is 4.74 Å². The van der Waals surface area contributed by atoms with Gasteiger partial charge in [-0.25, -0.2) is 9.97 Å². The van der Waals surface area contributed by atoms with Gasteiger partial charge in [-0.3, -0.25) is 9.78 Å². The maximum atomic E-state index is 13.3. The summed E-state index contributed by atoms with van der Waals surface area (Å²) in [5, 5.41) is 5.52. The van der Waals surface area contributed by atoms with Crippen molar-refractivity contribution < 1.29 is 22.7 Å². The first kappa shape index (κ1) is 22.5. The van der Waals surface area contributed by atoms with Gasteiger partial charge in [0.2, 0.25) is 5.91 Å². The van der Waals surface area contributed by atoms with E-state index < -0.39 is 17.9 Å². The highest BCUT2D eigenvalue weighted by Gasteiger charge is 2.34. The summed E-state index contributed by atoms with van der Waals surface area (Å²) in [4.78, 5) is 24.2. The van der Waals surface area contributed by atoms with Gasteiger partial charge in [0.15, 0.2) is 11.5 Å². The van der Waals surface area contributed by atoms with Crippen LogP contribution in [0.3, 0.4) is 0 Å². The Kier molecular flexibility index (Phi) is 7.89. The first-order valence-electron chi connectivity index (χ1n) is 9.11. The maximum Gasteiger partial charge on any atom is 0.433 e. The summed E-state index contributed by atoms with van der Waals surface area (Å²) in [6.07, 6.45) is -2.82. The number of methoxy groups -OCH3 is 1. The summed E-state index contributed by atoms with van der Waals surface area (Å²) in [5.74, 6) is -0.492. The molecule has 0 aliphatic rings. The minimum absolute atomic E-state index is 0.0967. The number of rotatable bonds is 9. The molecule has 0 aliphatic carbocycles. The topological polar surface area (TPSA) is 89.0 Å². The van der Waals surface area contributed by atoms with Crippen LogP contribution in [0.2, 0.25) is 0 Å². The Morgan fingerprint density at radius 3 is 2.59 bits per heavy atom. The van der Waals surface area contributed by atoms with Crippen LogP contribution < -0.4 is 10.6 Å². The van der Waals surface area contributed by atoms with E-state index in [1.165, 1.54) is 19.4 Å². The third kappa shape index (κ3) is 6.97. The highest BCUT2D eigenvalue weighted by atomic mass is 19.4. The van der Waals surface area contributed by atoms with Gasteiger partial charge in [-0.15, -0.1) is 0 Å². The van der Waals surface area contributed by atoms with Crippen LogP contribution in [0.1, 0.15) is 26.0 Å². The molecule has 0 unspecified atom stereocenters. The van der Waals surface area contributed by atoms with Crippen LogP contribution in [0.15, 0.2) is 30.5 Å². The minimum atomic E-state index is -4.67. The van der Waals surface area contributed by atoms with E-state index in [2.05, 4.69) is 25.6 Å². The SMILES string of the molecule is COCCNC(=O)[C@H](CC(C)C)Nc1cc(C(F)(F)F)nc(-c2ccccn2)n1. The average Bonchev–Trinajstić information content (AvgIpc) is 2.67. The molecule has 0 fully saturated rings. The quantitative estimate of drug-likeness (QED) is 0.617. The fourth-order valence-corrected chi connectivity index (χ4v) is 2.56. The Labute approximate surface area is 167 Å². The number of nitrogens with zero attached hydrogens (tertiary/aromatic N) is 3. The van der Waals surface area contributed by atoms with Crippen LogP contribution in [-0.2, 0) is 15.7 Å². The Bertz CT molecular complexity index is 800. The molecular formula is C19H24F3N5O2. The van der Waals surface area contributed by atoms with Gasteiger partial charge in [-0.2, -0.15) is 13.2 Å². The van der Waals surface area contributed by atoms with Gasteiger partial charge in [-0.1, -0.05) is 19.9 Å². The monoisotopic (exact) mass is 411 g/mol. The second-order valence-electron chi connectivity index (χ2n) is 6.79. The predicted octanol–water partition coefficient (Wildman–Crippen LogP) is 3.15. The molecule has 2 aromatic rings. The van der Waals surface area contributed by atoms with Crippen molar-refractivity contribution in [3.05, 3.63) is 36.2 Å². The highest BCUT2D eigenvalue weighted by molar-refractivity contribution is 5.84. The number of alkyl halides is 3. The number of halogens is 3. The van der Waals surface area contributed by atoms with E-state index in [1.807, 2.05) is 13.8 Å². The zero-order valence-corrected chi connectivity index (χ0v) is 16.5. The van der Waals surface area contributed by atoms with Gasteiger partial charge >= 0.3 is 6.18 Å². The van der Waals surface area contributed by atoms with Crippen LogP contribution in [0.5, 0.6) is 0 Å². The summed E-state index contributed by atoms with van der Waals surface area (Å²) in [7, 11) is 1.51.